The minimum absolute atomic E-state index is 0.0509. The Morgan fingerprint density at radius 2 is 2.14 bits per heavy atom. The molecule has 0 atom stereocenters. The second kappa shape index (κ2) is 2.44. The molecule has 0 aliphatic heterocycles. The molecule has 0 unspecified atom stereocenters. The van der Waals surface area contributed by atoms with Gasteiger partial charge >= 0.3 is 0 Å². The van der Waals surface area contributed by atoms with Crippen molar-refractivity contribution in [2.24, 2.45) is 5.92 Å². The second-order valence-electron chi connectivity index (χ2n) is 1.68. The largest absolute Gasteiger partial charge is 0.295 e. The topological polar surface area (TPSA) is 43.1 Å². The lowest BCUT2D eigenvalue weighted by Crippen LogP contribution is -1.98. The molecule has 7 heavy (non-hydrogen) atoms. The molecule has 0 bridgehead atoms. The third-order valence-electron chi connectivity index (χ3n) is 0.420. The van der Waals surface area contributed by atoms with Crippen LogP contribution in [-0.2, 0) is 0 Å². The Balaban J connectivity index is 3.13. The van der Waals surface area contributed by atoms with Crippen molar-refractivity contribution in [2.75, 3.05) is 0 Å². The fourth-order valence-corrected chi connectivity index (χ4v) is 0.243. The number of nitrogens with zero attached hydrogens (tertiary/aromatic N) is 1. The van der Waals surface area contributed by atoms with Crippen molar-refractivity contribution in [3.05, 3.63) is 16.7 Å². The Bertz CT molecular complexity index is 70.1. The van der Waals surface area contributed by atoms with Crippen molar-refractivity contribution in [2.45, 2.75) is 13.8 Å². The van der Waals surface area contributed by atoms with Crippen LogP contribution in [-0.4, -0.2) is 4.92 Å². The van der Waals surface area contributed by atoms with Gasteiger partial charge in [0.1, 0.15) is 0 Å². The van der Waals surface area contributed by atoms with Crippen molar-refractivity contribution in [1.29, 1.82) is 0 Å². The zero-order valence-corrected chi connectivity index (χ0v) is 4.42. The number of hydrogen-bond acceptors (Lipinski definition) is 2. The van der Waals surface area contributed by atoms with Crippen LogP contribution in [0.1, 0.15) is 13.8 Å². The van der Waals surface area contributed by atoms with Gasteiger partial charge in [-0.25, -0.2) is 0 Å². The summed E-state index contributed by atoms with van der Waals surface area (Å²) < 4.78 is 0. The van der Waals surface area contributed by atoms with Crippen LogP contribution in [0.15, 0.2) is 0 Å². The minimum atomic E-state index is -0.426. The Morgan fingerprint density at radius 3 is 2.14 bits per heavy atom. The summed E-state index contributed by atoms with van der Waals surface area (Å²) in [6.45, 7) is 4.59. The van der Waals surface area contributed by atoms with E-state index in [1.54, 1.807) is 13.8 Å². The summed E-state index contributed by atoms with van der Waals surface area (Å²) in [6.07, 6.45) is 0. The van der Waals surface area contributed by atoms with Crippen molar-refractivity contribution in [3.8, 4) is 0 Å². The van der Waals surface area contributed by atoms with Crippen LogP contribution in [0, 0.1) is 22.6 Å². The monoisotopic (exact) mass is 102 g/mol. The van der Waals surface area contributed by atoms with Crippen LogP contribution in [0.2, 0.25) is 0 Å². The molecule has 0 aromatic carbocycles. The Morgan fingerprint density at radius 1 is 1.71 bits per heavy atom. The van der Waals surface area contributed by atoms with E-state index in [4.69, 9.17) is 0 Å². The fraction of sp³-hybridized carbons (Fsp3) is 0.750. The van der Waals surface area contributed by atoms with Crippen LogP contribution in [0.5, 0.6) is 0 Å². The maximum atomic E-state index is 9.56. The summed E-state index contributed by atoms with van der Waals surface area (Å²) in [5.74, 6) is 0.0509. The number of hydrogen-bond donors (Lipinski definition) is 0. The lowest BCUT2D eigenvalue weighted by Gasteiger charge is -2.05. The molecule has 3 nitrogen and oxygen atoms in total. The first-order valence-electron chi connectivity index (χ1n) is 2.11. The van der Waals surface area contributed by atoms with Gasteiger partial charge in [-0.1, -0.05) is 26.3 Å². The van der Waals surface area contributed by atoms with Gasteiger partial charge in [0.2, 0.25) is 0 Å². The fourth-order valence-electron chi connectivity index (χ4n) is 0.243. The minimum Gasteiger partial charge on any atom is -0.295 e. The molecule has 0 heterocycles. The highest BCUT2D eigenvalue weighted by atomic mass is 16.6. The van der Waals surface area contributed by atoms with Crippen LogP contribution in [0.3, 0.4) is 0 Å². The normalized spacial score (nSPS) is 9.00. The SMILES string of the molecule is CC(C)[CH-][N+](=O)[O-]. The molecular weight excluding hydrogens is 94.0 g/mol. The first kappa shape index (κ1) is 6.27. The summed E-state index contributed by atoms with van der Waals surface area (Å²) in [7, 11) is 0. The molecule has 0 aromatic rings. The molecule has 0 aromatic heterocycles. The van der Waals surface area contributed by atoms with E-state index < -0.39 is 4.92 Å². The average Bonchev–Trinajstić information content (AvgIpc) is 1.27. The maximum Gasteiger partial charge on any atom is -0.0558 e. The van der Waals surface area contributed by atoms with Gasteiger partial charge in [0.25, 0.3) is 0 Å². The predicted molar refractivity (Wildman–Crippen MR) is 26.1 cm³/mol. The zero-order chi connectivity index (χ0) is 5.86. The lowest BCUT2D eigenvalue weighted by atomic mass is 10.2. The highest BCUT2D eigenvalue weighted by Gasteiger charge is 1.85. The van der Waals surface area contributed by atoms with Gasteiger partial charge in [-0.3, -0.25) is 10.1 Å². The Hall–Kier alpha value is -0.730. The molecular formula is C4H8NO2-. The first-order valence-corrected chi connectivity index (χ1v) is 2.11. The standard InChI is InChI=1S/C4H8NO2/c1-4(2)3-5(6)7/h3-4H,1-2H3/q-1. The zero-order valence-electron chi connectivity index (χ0n) is 4.42. The highest BCUT2D eigenvalue weighted by Crippen LogP contribution is 1.95. The molecule has 0 aliphatic rings. The first-order chi connectivity index (χ1) is 3.13. The quantitative estimate of drug-likeness (QED) is 0.297. The second-order valence-corrected chi connectivity index (χ2v) is 1.68. The molecule has 0 amide bonds. The van der Waals surface area contributed by atoms with Gasteiger partial charge in [0.15, 0.2) is 0 Å². The molecule has 0 saturated carbocycles. The van der Waals surface area contributed by atoms with Gasteiger partial charge in [-0.2, -0.15) is 0 Å². The molecule has 0 rings (SSSR count). The third kappa shape index (κ3) is 5.27. The molecule has 0 aliphatic carbocycles. The molecule has 0 fully saturated rings. The smallest absolute Gasteiger partial charge is 0.0558 e. The third-order valence-corrected chi connectivity index (χ3v) is 0.420. The van der Waals surface area contributed by atoms with Crippen molar-refractivity contribution >= 4 is 0 Å². The van der Waals surface area contributed by atoms with Crippen LogP contribution in [0.25, 0.3) is 0 Å². The van der Waals surface area contributed by atoms with E-state index in [1.165, 1.54) is 0 Å². The molecule has 0 radical (unpaired) electrons. The van der Waals surface area contributed by atoms with Crippen molar-refractivity contribution < 1.29 is 4.92 Å². The van der Waals surface area contributed by atoms with Gasteiger partial charge in [0.05, 0.1) is 0 Å². The van der Waals surface area contributed by atoms with E-state index in [2.05, 4.69) is 0 Å². The molecule has 42 valence electrons. The number of nitro groups is 1. The Kier molecular flexibility index (Phi) is 2.19. The highest BCUT2D eigenvalue weighted by molar-refractivity contribution is 4.51. The van der Waals surface area contributed by atoms with Crippen LogP contribution >= 0.6 is 0 Å². The van der Waals surface area contributed by atoms with E-state index in [0.29, 0.717) is 0 Å². The average molecular weight is 102 g/mol. The van der Waals surface area contributed by atoms with Crippen LogP contribution < -0.4 is 0 Å². The predicted octanol–water partition coefficient (Wildman–Crippen LogP) is 1.08. The molecule has 3 heteroatoms. The van der Waals surface area contributed by atoms with E-state index in [-0.39, 0.29) is 5.92 Å². The van der Waals surface area contributed by atoms with Crippen molar-refractivity contribution in [1.82, 2.24) is 0 Å². The summed E-state index contributed by atoms with van der Waals surface area (Å²) in [5, 5.41) is 9.56. The summed E-state index contributed by atoms with van der Waals surface area (Å²) in [4.78, 5) is 9.13. The molecule has 0 spiro atoms. The van der Waals surface area contributed by atoms with Gasteiger partial charge in [-0.15, -0.1) is 4.92 Å². The van der Waals surface area contributed by atoms with E-state index >= 15 is 0 Å². The number of rotatable bonds is 2. The summed E-state index contributed by atoms with van der Waals surface area (Å²) in [6, 6.07) is 0. The van der Waals surface area contributed by atoms with Crippen LogP contribution in [0.4, 0.5) is 0 Å². The molecule has 0 saturated heterocycles. The van der Waals surface area contributed by atoms with Crippen molar-refractivity contribution in [3.63, 3.8) is 0 Å². The van der Waals surface area contributed by atoms with Gasteiger partial charge in [-0.05, 0) is 0 Å². The lowest BCUT2D eigenvalue weighted by molar-refractivity contribution is -0.442. The van der Waals surface area contributed by atoms with E-state index in [1.807, 2.05) is 0 Å². The van der Waals surface area contributed by atoms with Gasteiger partial charge < -0.3 is 0 Å². The summed E-state index contributed by atoms with van der Waals surface area (Å²) in [5.41, 5.74) is 0. The molecule has 0 N–H and O–H groups in total. The van der Waals surface area contributed by atoms with Gasteiger partial charge in [0, 0.05) is 0 Å². The summed E-state index contributed by atoms with van der Waals surface area (Å²) >= 11 is 0. The Labute approximate surface area is 42.5 Å². The van der Waals surface area contributed by atoms with E-state index in [9.17, 15) is 10.1 Å². The van der Waals surface area contributed by atoms with E-state index in [0.717, 1.165) is 6.54 Å². The maximum absolute atomic E-state index is 9.56.